The molecule has 1 fully saturated rings. The van der Waals surface area contributed by atoms with Gasteiger partial charge in [-0.3, -0.25) is 4.79 Å². The van der Waals surface area contributed by atoms with Crippen molar-refractivity contribution in [3.63, 3.8) is 0 Å². The molecule has 0 aliphatic carbocycles. The second-order valence-electron chi connectivity index (χ2n) is 9.10. The standard InChI is InChI=1S/C29H30N4O3S/c1-21-7-9-22(10-8-21)19-27-30-29(37-31-27)36-24-13-11-23(12-14-24)20-28(34)33-17-15-32(16-18-33)25-5-3-4-6-26(25)35-2/h3-14H,15-20H2,1-2H3. The van der Waals surface area contributed by atoms with Crippen LogP contribution in [-0.4, -0.2) is 53.5 Å². The molecule has 0 radical (unpaired) electrons. The highest BCUT2D eigenvalue weighted by molar-refractivity contribution is 7.07. The summed E-state index contributed by atoms with van der Waals surface area (Å²) in [7, 11) is 1.69. The van der Waals surface area contributed by atoms with Gasteiger partial charge < -0.3 is 19.3 Å². The van der Waals surface area contributed by atoms with Crippen molar-refractivity contribution < 1.29 is 14.3 Å². The van der Waals surface area contributed by atoms with Gasteiger partial charge in [-0.15, -0.1) is 0 Å². The lowest BCUT2D eigenvalue weighted by Gasteiger charge is -2.36. The largest absolute Gasteiger partial charge is 0.495 e. The molecule has 0 spiro atoms. The van der Waals surface area contributed by atoms with Crippen LogP contribution in [0.4, 0.5) is 5.69 Å². The molecule has 1 saturated heterocycles. The van der Waals surface area contributed by atoms with Gasteiger partial charge in [-0.05, 0) is 42.3 Å². The fraction of sp³-hybridized carbons (Fsp3) is 0.276. The minimum absolute atomic E-state index is 0.137. The number of methoxy groups -OCH3 is 1. The van der Waals surface area contributed by atoms with Crippen LogP contribution in [0, 0.1) is 6.92 Å². The molecule has 190 valence electrons. The van der Waals surface area contributed by atoms with Crippen LogP contribution in [0.5, 0.6) is 16.7 Å². The number of hydrogen-bond donors (Lipinski definition) is 0. The number of amides is 1. The lowest BCUT2D eigenvalue weighted by atomic mass is 10.1. The van der Waals surface area contributed by atoms with Crippen molar-refractivity contribution in [2.75, 3.05) is 38.2 Å². The first-order valence-electron chi connectivity index (χ1n) is 12.4. The molecule has 8 heteroatoms. The van der Waals surface area contributed by atoms with E-state index in [0.717, 1.165) is 35.9 Å². The van der Waals surface area contributed by atoms with E-state index in [1.807, 2.05) is 47.4 Å². The summed E-state index contributed by atoms with van der Waals surface area (Å²) in [5, 5.41) is 0.513. The van der Waals surface area contributed by atoms with Gasteiger partial charge in [-0.25, -0.2) is 0 Å². The third-order valence-electron chi connectivity index (χ3n) is 6.47. The van der Waals surface area contributed by atoms with Crippen LogP contribution in [0.15, 0.2) is 72.8 Å². The van der Waals surface area contributed by atoms with E-state index in [0.29, 0.717) is 36.9 Å². The Kier molecular flexibility index (Phi) is 7.65. The number of piperazine rings is 1. The molecule has 3 aromatic carbocycles. The molecule has 0 N–H and O–H groups in total. The van der Waals surface area contributed by atoms with Gasteiger partial charge in [-0.1, -0.05) is 54.1 Å². The fourth-order valence-electron chi connectivity index (χ4n) is 4.39. The van der Waals surface area contributed by atoms with Crippen molar-refractivity contribution in [3.8, 4) is 16.7 Å². The Bertz CT molecular complexity index is 1330. The first kappa shape index (κ1) is 24.8. The zero-order valence-electron chi connectivity index (χ0n) is 21.1. The third kappa shape index (κ3) is 6.27. The molecule has 7 nitrogen and oxygen atoms in total. The predicted molar refractivity (Wildman–Crippen MR) is 146 cm³/mol. The first-order chi connectivity index (χ1) is 18.1. The van der Waals surface area contributed by atoms with E-state index >= 15 is 0 Å². The molecular weight excluding hydrogens is 484 g/mol. The number of ether oxygens (including phenoxy) is 2. The smallest absolute Gasteiger partial charge is 0.298 e. The maximum absolute atomic E-state index is 12.9. The van der Waals surface area contributed by atoms with Crippen LogP contribution in [0.3, 0.4) is 0 Å². The average molecular weight is 515 g/mol. The van der Waals surface area contributed by atoms with E-state index in [-0.39, 0.29) is 5.91 Å². The Hall–Kier alpha value is -3.91. The van der Waals surface area contributed by atoms with Crippen molar-refractivity contribution in [2.24, 2.45) is 0 Å². The van der Waals surface area contributed by atoms with E-state index in [9.17, 15) is 4.79 Å². The van der Waals surface area contributed by atoms with Gasteiger partial charge in [0.25, 0.3) is 5.19 Å². The Morgan fingerprint density at radius 2 is 1.62 bits per heavy atom. The van der Waals surface area contributed by atoms with Gasteiger partial charge in [0.05, 0.1) is 19.2 Å². The summed E-state index contributed by atoms with van der Waals surface area (Å²) in [5.74, 6) is 2.43. The van der Waals surface area contributed by atoms with E-state index < -0.39 is 0 Å². The van der Waals surface area contributed by atoms with Gasteiger partial charge in [0.15, 0.2) is 5.82 Å². The average Bonchev–Trinajstić information content (AvgIpc) is 3.37. The Balaban J connectivity index is 1.11. The molecule has 1 aromatic heterocycles. The number of aromatic nitrogens is 2. The van der Waals surface area contributed by atoms with Gasteiger partial charge in [0.1, 0.15) is 11.5 Å². The van der Waals surface area contributed by atoms with Crippen LogP contribution >= 0.6 is 11.5 Å². The second kappa shape index (κ2) is 11.4. The maximum atomic E-state index is 12.9. The van der Waals surface area contributed by atoms with Gasteiger partial charge in [0.2, 0.25) is 5.91 Å². The molecular formula is C29H30N4O3S. The van der Waals surface area contributed by atoms with E-state index in [1.54, 1.807) is 7.11 Å². The number of anilines is 1. The maximum Gasteiger partial charge on any atom is 0.298 e. The SMILES string of the molecule is COc1ccccc1N1CCN(C(=O)Cc2ccc(Oc3nc(Cc4ccc(C)cc4)ns3)cc2)CC1. The van der Waals surface area contributed by atoms with E-state index in [1.165, 1.54) is 22.7 Å². The molecule has 5 rings (SSSR count). The minimum Gasteiger partial charge on any atom is -0.495 e. The molecule has 4 aromatic rings. The molecule has 2 heterocycles. The molecule has 1 amide bonds. The van der Waals surface area contributed by atoms with Crippen molar-refractivity contribution in [3.05, 3.63) is 95.3 Å². The third-order valence-corrected chi connectivity index (χ3v) is 7.11. The van der Waals surface area contributed by atoms with Gasteiger partial charge in [-0.2, -0.15) is 9.36 Å². The lowest BCUT2D eigenvalue weighted by molar-refractivity contribution is -0.130. The summed E-state index contributed by atoms with van der Waals surface area (Å²) < 4.78 is 15.8. The molecule has 0 bridgehead atoms. The van der Waals surface area contributed by atoms with Crippen molar-refractivity contribution >= 4 is 23.1 Å². The molecule has 0 unspecified atom stereocenters. The molecule has 0 saturated carbocycles. The lowest BCUT2D eigenvalue weighted by Crippen LogP contribution is -2.49. The number of nitrogens with zero attached hydrogens (tertiary/aromatic N) is 4. The number of rotatable bonds is 8. The van der Waals surface area contributed by atoms with Crippen LogP contribution in [-0.2, 0) is 17.6 Å². The van der Waals surface area contributed by atoms with Crippen LogP contribution in [0.2, 0.25) is 0 Å². The highest BCUT2D eigenvalue weighted by atomic mass is 32.1. The Morgan fingerprint density at radius 3 is 2.35 bits per heavy atom. The van der Waals surface area contributed by atoms with Crippen LogP contribution in [0.25, 0.3) is 0 Å². The van der Waals surface area contributed by atoms with Crippen molar-refractivity contribution in [2.45, 2.75) is 19.8 Å². The van der Waals surface area contributed by atoms with Crippen LogP contribution < -0.4 is 14.4 Å². The second-order valence-corrected chi connectivity index (χ2v) is 9.82. The highest BCUT2D eigenvalue weighted by Gasteiger charge is 2.23. The minimum atomic E-state index is 0.137. The monoisotopic (exact) mass is 514 g/mol. The first-order valence-corrected chi connectivity index (χ1v) is 13.2. The Morgan fingerprint density at radius 1 is 0.919 bits per heavy atom. The molecule has 0 atom stereocenters. The number of carbonyl (C=O) groups excluding carboxylic acids is 1. The normalized spacial score (nSPS) is 13.5. The van der Waals surface area contributed by atoms with Crippen LogP contribution in [0.1, 0.15) is 22.5 Å². The summed E-state index contributed by atoms with van der Waals surface area (Å²) in [4.78, 5) is 21.6. The van der Waals surface area contributed by atoms with Crippen molar-refractivity contribution in [1.29, 1.82) is 0 Å². The molecule has 1 aliphatic rings. The summed E-state index contributed by atoms with van der Waals surface area (Å²) >= 11 is 1.25. The Labute approximate surface area is 221 Å². The number of carbonyl (C=O) groups is 1. The zero-order chi connectivity index (χ0) is 25.6. The van der Waals surface area contributed by atoms with Gasteiger partial charge in [0, 0.05) is 44.1 Å². The number of benzene rings is 3. The van der Waals surface area contributed by atoms with E-state index in [2.05, 4.69) is 51.5 Å². The summed E-state index contributed by atoms with van der Waals surface area (Å²) in [6, 6.07) is 24.0. The number of aryl methyl sites for hydroxylation is 1. The van der Waals surface area contributed by atoms with Gasteiger partial charge >= 0.3 is 0 Å². The molecule has 1 aliphatic heterocycles. The summed E-state index contributed by atoms with van der Waals surface area (Å²) in [6.45, 7) is 5.03. The van der Waals surface area contributed by atoms with E-state index in [4.69, 9.17) is 9.47 Å². The zero-order valence-corrected chi connectivity index (χ0v) is 21.9. The number of para-hydroxylation sites is 2. The van der Waals surface area contributed by atoms with Crippen molar-refractivity contribution in [1.82, 2.24) is 14.3 Å². The summed E-state index contributed by atoms with van der Waals surface area (Å²) in [5.41, 5.74) is 4.44. The molecule has 37 heavy (non-hydrogen) atoms. The highest BCUT2D eigenvalue weighted by Crippen LogP contribution is 2.29. The summed E-state index contributed by atoms with van der Waals surface area (Å²) in [6.07, 6.45) is 1.04. The quantitative estimate of drug-likeness (QED) is 0.325. The number of hydrogen-bond acceptors (Lipinski definition) is 7. The topological polar surface area (TPSA) is 67.8 Å². The predicted octanol–water partition coefficient (Wildman–Crippen LogP) is 5.13. The fourth-order valence-corrected chi connectivity index (χ4v) is 4.96.